The highest BCUT2D eigenvalue weighted by molar-refractivity contribution is 5.92. The topological polar surface area (TPSA) is 60.0 Å². The van der Waals surface area contributed by atoms with Gasteiger partial charge in [-0.25, -0.2) is 0 Å². The van der Waals surface area contributed by atoms with Gasteiger partial charge in [0.2, 0.25) is 11.7 Å². The normalized spacial score (nSPS) is 18.1. The highest BCUT2D eigenvalue weighted by Crippen LogP contribution is 2.40. The first-order valence-electron chi connectivity index (χ1n) is 9.38. The highest BCUT2D eigenvalue weighted by atomic mass is 16.6. The molecule has 2 aliphatic heterocycles. The molecule has 26 heavy (non-hydrogen) atoms. The van der Waals surface area contributed by atoms with Crippen molar-refractivity contribution in [1.29, 1.82) is 0 Å². The van der Waals surface area contributed by atoms with Crippen LogP contribution in [-0.2, 0) is 4.79 Å². The summed E-state index contributed by atoms with van der Waals surface area (Å²) < 4.78 is 16.6. The van der Waals surface area contributed by atoms with Gasteiger partial charge in [-0.2, -0.15) is 0 Å². The molecule has 6 nitrogen and oxygen atoms in total. The lowest BCUT2D eigenvalue weighted by atomic mass is 10.0. The Morgan fingerprint density at radius 3 is 2.81 bits per heavy atom. The predicted molar refractivity (Wildman–Crippen MR) is 101 cm³/mol. The summed E-state index contributed by atoms with van der Waals surface area (Å²) in [6.07, 6.45) is 6.55. The molecule has 1 amide bonds. The van der Waals surface area contributed by atoms with Gasteiger partial charge in [0.1, 0.15) is 13.2 Å². The van der Waals surface area contributed by atoms with E-state index in [9.17, 15) is 4.79 Å². The quantitative estimate of drug-likeness (QED) is 0.790. The van der Waals surface area contributed by atoms with E-state index in [-0.39, 0.29) is 11.9 Å². The van der Waals surface area contributed by atoms with E-state index >= 15 is 0 Å². The van der Waals surface area contributed by atoms with Crippen molar-refractivity contribution in [1.82, 2.24) is 10.2 Å². The molecule has 3 rings (SSSR count). The molecule has 1 saturated heterocycles. The Morgan fingerprint density at radius 2 is 2.08 bits per heavy atom. The minimum atomic E-state index is -0.0622. The number of piperidine rings is 1. The molecule has 142 valence electrons. The van der Waals surface area contributed by atoms with Gasteiger partial charge in [0, 0.05) is 25.2 Å². The zero-order valence-electron chi connectivity index (χ0n) is 15.6. The molecule has 6 heteroatoms. The van der Waals surface area contributed by atoms with E-state index in [1.165, 1.54) is 6.42 Å². The van der Waals surface area contributed by atoms with Crippen LogP contribution in [0.4, 0.5) is 0 Å². The lowest BCUT2D eigenvalue weighted by Gasteiger charge is -2.31. The van der Waals surface area contributed by atoms with Crippen LogP contribution in [0.2, 0.25) is 0 Å². The van der Waals surface area contributed by atoms with Gasteiger partial charge in [0.05, 0.1) is 7.11 Å². The average molecular weight is 360 g/mol. The number of amides is 1. The molecular weight excluding hydrogens is 332 g/mol. The Morgan fingerprint density at radius 1 is 1.31 bits per heavy atom. The molecule has 0 aromatic heterocycles. The van der Waals surface area contributed by atoms with Crippen molar-refractivity contribution in [3.05, 3.63) is 23.8 Å². The summed E-state index contributed by atoms with van der Waals surface area (Å²) in [5.41, 5.74) is 0.846. The highest BCUT2D eigenvalue weighted by Gasteiger charge is 2.20. The van der Waals surface area contributed by atoms with Crippen LogP contribution in [0, 0.1) is 0 Å². The fraction of sp³-hybridized carbons (Fsp3) is 0.550. The van der Waals surface area contributed by atoms with Gasteiger partial charge >= 0.3 is 0 Å². The number of rotatable bonds is 6. The fourth-order valence-electron chi connectivity index (χ4n) is 3.43. The molecule has 0 saturated carbocycles. The number of carbonyl (C=O) groups is 1. The second-order valence-electron chi connectivity index (χ2n) is 6.71. The fourth-order valence-corrected chi connectivity index (χ4v) is 3.43. The molecule has 1 aromatic carbocycles. The van der Waals surface area contributed by atoms with Crippen LogP contribution in [0.5, 0.6) is 17.2 Å². The van der Waals surface area contributed by atoms with Gasteiger partial charge in [-0.3, -0.25) is 4.79 Å². The third kappa shape index (κ3) is 4.69. The predicted octanol–water partition coefficient (Wildman–Crippen LogP) is 2.47. The Kier molecular flexibility index (Phi) is 6.39. The number of nitrogens with zero attached hydrogens (tertiary/aromatic N) is 1. The van der Waals surface area contributed by atoms with E-state index in [1.54, 1.807) is 19.3 Å². The molecule has 0 radical (unpaired) electrons. The van der Waals surface area contributed by atoms with E-state index in [0.29, 0.717) is 30.5 Å². The molecular formula is C20H28N2O4. The van der Waals surface area contributed by atoms with E-state index in [0.717, 1.165) is 38.0 Å². The summed E-state index contributed by atoms with van der Waals surface area (Å²) in [7, 11) is 1.60. The van der Waals surface area contributed by atoms with Crippen molar-refractivity contribution >= 4 is 12.0 Å². The van der Waals surface area contributed by atoms with Crippen LogP contribution in [0.25, 0.3) is 6.08 Å². The van der Waals surface area contributed by atoms with Crippen LogP contribution in [-0.4, -0.2) is 56.8 Å². The number of nitrogens with one attached hydrogen (secondary N) is 1. The molecule has 0 aliphatic carbocycles. The third-order valence-electron chi connectivity index (χ3n) is 4.75. The van der Waals surface area contributed by atoms with Crippen LogP contribution >= 0.6 is 0 Å². The maximum Gasteiger partial charge on any atom is 0.244 e. The second-order valence-corrected chi connectivity index (χ2v) is 6.71. The molecule has 1 fully saturated rings. The number of likely N-dealkylation sites (tertiary alicyclic amines) is 1. The number of hydrogen-bond acceptors (Lipinski definition) is 5. The van der Waals surface area contributed by atoms with Gasteiger partial charge in [0.25, 0.3) is 0 Å². The second kappa shape index (κ2) is 8.94. The number of ether oxygens (including phenoxy) is 3. The summed E-state index contributed by atoms with van der Waals surface area (Å²) in [6.45, 7) is 6.49. The maximum atomic E-state index is 12.2. The molecule has 0 unspecified atom stereocenters. The summed E-state index contributed by atoms with van der Waals surface area (Å²) in [5.74, 6) is 1.83. The van der Waals surface area contributed by atoms with Crippen molar-refractivity contribution in [3.8, 4) is 17.2 Å². The minimum Gasteiger partial charge on any atom is -0.493 e. The Labute approximate surface area is 155 Å². The van der Waals surface area contributed by atoms with Crippen molar-refractivity contribution in [2.24, 2.45) is 0 Å². The molecule has 1 aromatic rings. The van der Waals surface area contributed by atoms with Crippen molar-refractivity contribution in [2.75, 3.05) is 40.0 Å². The maximum absolute atomic E-state index is 12.2. The van der Waals surface area contributed by atoms with Gasteiger partial charge in [0.15, 0.2) is 11.5 Å². The summed E-state index contributed by atoms with van der Waals surface area (Å²) in [6, 6.07) is 3.97. The lowest BCUT2D eigenvalue weighted by Crippen LogP contribution is -2.44. The third-order valence-corrected chi connectivity index (χ3v) is 4.75. The summed E-state index contributed by atoms with van der Waals surface area (Å²) in [5, 5.41) is 3.10. The minimum absolute atomic E-state index is 0.0622. The van der Waals surface area contributed by atoms with E-state index in [1.807, 2.05) is 12.1 Å². The molecule has 0 bridgehead atoms. The van der Waals surface area contributed by atoms with Crippen molar-refractivity contribution in [3.63, 3.8) is 0 Å². The van der Waals surface area contributed by atoms with Crippen LogP contribution in [0.1, 0.15) is 31.7 Å². The van der Waals surface area contributed by atoms with Crippen LogP contribution in [0.3, 0.4) is 0 Å². The number of fused-ring (bicyclic) bond motifs is 1. The van der Waals surface area contributed by atoms with E-state index in [2.05, 4.69) is 17.1 Å². The largest absolute Gasteiger partial charge is 0.493 e. The number of benzene rings is 1. The first kappa shape index (κ1) is 18.6. The molecule has 2 heterocycles. The summed E-state index contributed by atoms with van der Waals surface area (Å²) >= 11 is 0. The van der Waals surface area contributed by atoms with Gasteiger partial charge in [-0.1, -0.05) is 6.92 Å². The van der Waals surface area contributed by atoms with Gasteiger partial charge in [-0.05, 0) is 49.6 Å². The van der Waals surface area contributed by atoms with E-state index < -0.39 is 0 Å². The van der Waals surface area contributed by atoms with E-state index in [4.69, 9.17) is 14.2 Å². The molecule has 0 spiro atoms. The zero-order chi connectivity index (χ0) is 18.4. The zero-order valence-corrected chi connectivity index (χ0v) is 15.6. The smallest absolute Gasteiger partial charge is 0.244 e. The molecule has 0 atom stereocenters. The molecule has 1 N–H and O–H groups in total. The van der Waals surface area contributed by atoms with Crippen LogP contribution < -0.4 is 19.5 Å². The van der Waals surface area contributed by atoms with Crippen LogP contribution in [0.15, 0.2) is 18.2 Å². The Hall–Kier alpha value is -2.21. The monoisotopic (exact) mass is 360 g/mol. The standard InChI is InChI=1S/C20H28N2O4/c1-3-8-22-9-6-16(7-10-22)21-19(23)5-4-15-13-17(24-2)20-18(14-15)25-11-12-26-20/h4-5,13-14,16H,3,6-12H2,1-2H3,(H,21,23)/b5-4+. The summed E-state index contributed by atoms with van der Waals surface area (Å²) in [4.78, 5) is 14.7. The van der Waals surface area contributed by atoms with Gasteiger partial charge in [-0.15, -0.1) is 0 Å². The molecule has 2 aliphatic rings. The van der Waals surface area contributed by atoms with Crippen molar-refractivity contribution in [2.45, 2.75) is 32.2 Å². The number of carbonyl (C=O) groups excluding carboxylic acids is 1. The SMILES string of the molecule is CCCN1CCC(NC(=O)/C=C/c2cc(OC)c3c(c2)OCCO3)CC1. The number of hydrogen-bond donors (Lipinski definition) is 1. The Balaban J connectivity index is 1.57. The first-order chi connectivity index (χ1) is 12.7. The lowest BCUT2D eigenvalue weighted by molar-refractivity contribution is -0.117. The average Bonchev–Trinajstić information content (AvgIpc) is 2.67. The van der Waals surface area contributed by atoms with Crippen molar-refractivity contribution < 1.29 is 19.0 Å². The first-order valence-corrected chi connectivity index (χ1v) is 9.38. The number of methoxy groups -OCH3 is 1. The van der Waals surface area contributed by atoms with Gasteiger partial charge < -0.3 is 24.4 Å². The Bertz CT molecular complexity index is 634.